The summed E-state index contributed by atoms with van der Waals surface area (Å²) in [6.45, 7) is 5.81. The fraction of sp³-hybridized carbons (Fsp3) is 0.500. The molecule has 1 atom stereocenters. The molecule has 5 heteroatoms. The quantitative estimate of drug-likeness (QED) is 0.809. The highest BCUT2D eigenvalue weighted by atomic mass is 16.1. The zero-order chi connectivity index (χ0) is 12.4. The molecule has 2 heterocycles. The summed E-state index contributed by atoms with van der Waals surface area (Å²) in [4.78, 5) is 23.7. The number of rotatable bonds is 4. The van der Waals surface area contributed by atoms with Gasteiger partial charge in [0, 0.05) is 12.5 Å². The summed E-state index contributed by atoms with van der Waals surface area (Å²) in [5, 5.41) is 0. The minimum absolute atomic E-state index is 0.104. The Morgan fingerprint density at radius 2 is 2.18 bits per heavy atom. The van der Waals surface area contributed by atoms with Crippen LogP contribution in [-0.2, 0) is 4.79 Å². The fourth-order valence-electron chi connectivity index (χ4n) is 1.98. The summed E-state index contributed by atoms with van der Waals surface area (Å²) in [5.41, 5.74) is 1.56. The van der Waals surface area contributed by atoms with Gasteiger partial charge in [-0.25, -0.2) is 15.0 Å². The number of aromatic nitrogens is 4. The molecule has 2 aromatic heterocycles. The normalized spacial score (nSPS) is 13.2. The molecule has 0 radical (unpaired) electrons. The molecule has 0 spiro atoms. The predicted molar refractivity (Wildman–Crippen MR) is 64.5 cm³/mol. The van der Waals surface area contributed by atoms with E-state index in [1.807, 2.05) is 4.57 Å². The third-order valence-electron chi connectivity index (χ3n) is 2.86. The highest BCUT2D eigenvalue weighted by molar-refractivity contribution is 5.76. The Kier molecular flexibility index (Phi) is 3.17. The Morgan fingerprint density at radius 3 is 2.82 bits per heavy atom. The highest BCUT2D eigenvalue weighted by Crippen LogP contribution is 2.25. The van der Waals surface area contributed by atoms with Crippen molar-refractivity contribution in [1.29, 1.82) is 0 Å². The second kappa shape index (κ2) is 4.61. The molecular weight excluding hydrogens is 216 g/mol. The van der Waals surface area contributed by atoms with Crippen LogP contribution in [0.1, 0.15) is 33.2 Å². The largest absolute Gasteiger partial charge is 0.311 e. The second-order valence-electron chi connectivity index (χ2n) is 4.60. The molecule has 0 aromatic carbocycles. The maximum absolute atomic E-state index is 11.3. The molecule has 17 heavy (non-hydrogen) atoms. The van der Waals surface area contributed by atoms with Gasteiger partial charge in [0.05, 0.1) is 12.5 Å². The number of fused-ring (bicyclic) bond motifs is 1. The molecular formula is C12H16N4O. The molecule has 90 valence electrons. The number of hydrogen-bond donors (Lipinski definition) is 0. The first-order valence-electron chi connectivity index (χ1n) is 5.71. The first-order chi connectivity index (χ1) is 8.09. The van der Waals surface area contributed by atoms with E-state index in [2.05, 4.69) is 28.8 Å². The van der Waals surface area contributed by atoms with Crippen molar-refractivity contribution in [3.05, 3.63) is 18.9 Å². The molecule has 0 aliphatic rings. The lowest BCUT2D eigenvalue weighted by Crippen LogP contribution is -2.17. The Morgan fingerprint density at radius 1 is 1.41 bits per heavy atom. The van der Waals surface area contributed by atoms with Crippen molar-refractivity contribution in [3.63, 3.8) is 0 Å². The molecule has 1 unspecified atom stereocenters. The summed E-state index contributed by atoms with van der Waals surface area (Å²) < 4.78 is 1.98. The van der Waals surface area contributed by atoms with Gasteiger partial charge in [-0.05, 0) is 12.8 Å². The van der Waals surface area contributed by atoms with Crippen molar-refractivity contribution in [1.82, 2.24) is 19.5 Å². The van der Waals surface area contributed by atoms with Gasteiger partial charge in [-0.2, -0.15) is 0 Å². The van der Waals surface area contributed by atoms with Gasteiger partial charge in [0.1, 0.15) is 17.6 Å². The summed E-state index contributed by atoms with van der Waals surface area (Å²) in [6.07, 6.45) is 5.44. The fourth-order valence-corrected chi connectivity index (χ4v) is 1.98. The van der Waals surface area contributed by atoms with Crippen LogP contribution in [0.15, 0.2) is 18.9 Å². The van der Waals surface area contributed by atoms with E-state index in [1.54, 1.807) is 19.4 Å². The lowest BCUT2D eigenvalue weighted by molar-refractivity contribution is -0.118. The molecule has 0 amide bonds. The number of nitrogens with zero attached hydrogens (tertiary/aromatic N) is 4. The Bertz CT molecular complexity index is 532. The van der Waals surface area contributed by atoms with Crippen LogP contribution in [0.3, 0.4) is 0 Å². The highest BCUT2D eigenvalue weighted by Gasteiger charge is 2.20. The lowest BCUT2D eigenvalue weighted by atomic mass is 9.99. The van der Waals surface area contributed by atoms with Gasteiger partial charge in [-0.15, -0.1) is 0 Å². The van der Waals surface area contributed by atoms with E-state index in [0.29, 0.717) is 12.3 Å². The van der Waals surface area contributed by atoms with Crippen LogP contribution in [0.25, 0.3) is 11.2 Å². The van der Waals surface area contributed by atoms with Gasteiger partial charge in [-0.1, -0.05) is 13.8 Å². The first-order valence-corrected chi connectivity index (χ1v) is 5.71. The standard InChI is InChI=1S/C12H16N4O/c1-8(2)11(4-9(3)17)16-7-15-10-5-13-6-14-12(10)16/h5-8,11H,4H2,1-3H3. The summed E-state index contributed by atoms with van der Waals surface area (Å²) in [5.74, 6) is 0.533. The van der Waals surface area contributed by atoms with Gasteiger partial charge in [-0.3, -0.25) is 4.79 Å². The SMILES string of the molecule is CC(=O)CC(C(C)C)n1cnc2cncnc21. The minimum atomic E-state index is 0.104. The number of imidazole rings is 1. The van der Waals surface area contributed by atoms with E-state index in [-0.39, 0.29) is 11.8 Å². The molecule has 0 saturated carbocycles. The topological polar surface area (TPSA) is 60.7 Å². The van der Waals surface area contributed by atoms with E-state index in [4.69, 9.17) is 0 Å². The van der Waals surface area contributed by atoms with Crippen molar-refractivity contribution in [2.45, 2.75) is 33.2 Å². The Labute approximate surface area is 99.9 Å². The molecule has 0 bridgehead atoms. The van der Waals surface area contributed by atoms with Gasteiger partial charge in [0.15, 0.2) is 5.65 Å². The molecule has 2 rings (SSSR count). The number of hydrogen-bond acceptors (Lipinski definition) is 4. The molecule has 0 saturated heterocycles. The van der Waals surface area contributed by atoms with Gasteiger partial charge in [0.2, 0.25) is 0 Å². The zero-order valence-corrected chi connectivity index (χ0v) is 10.3. The average Bonchev–Trinajstić information content (AvgIpc) is 2.69. The monoisotopic (exact) mass is 232 g/mol. The van der Waals surface area contributed by atoms with E-state index in [1.165, 1.54) is 6.33 Å². The van der Waals surface area contributed by atoms with Crippen molar-refractivity contribution in [3.8, 4) is 0 Å². The molecule has 0 aliphatic carbocycles. The van der Waals surface area contributed by atoms with E-state index in [0.717, 1.165) is 11.2 Å². The van der Waals surface area contributed by atoms with Crippen molar-refractivity contribution in [2.24, 2.45) is 5.92 Å². The van der Waals surface area contributed by atoms with Crippen LogP contribution >= 0.6 is 0 Å². The van der Waals surface area contributed by atoms with Crippen LogP contribution in [0.5, 0.6) is 0 Å². The van der Waals surface area contributed by atoms with E-state index in [9.17, 15) is 4.79 Å². The third-order valence-corrected chi connectivity index (χ3v) is 2.86. The summed E-state index contributed by atoms with van der Waals surface area (Å²) in [7, 11) is 0. The van der Waals surface area contributed by atoms with Gasteiger partial charge in [0.25, 0.3) is 0 Å². The molecule has 5 nitrogen and oxygen atoms in total. The van der Waals surface area contributed by atoms with E-state index >= 15 is 0 Å². The van der Waals surface area contributed by atoms with Crippen LogP contribution in [-0.4, -0.2) is 25.3 Å². The third kappa shape index (κ3) is 2.33. The zero-order valence-electron chi connectivity index (χ0n) is 10.3. The van der Waals surface area contributed by atoms with E-state index < -0.39 is 0 Å². The van der Waals surface area contributed by atoms with Crippen LogP contribution in [0, 0.1) is 5.92 Å². The lowest BCUT2D eigenvalue weighted by Gasteiger charge is -2.21. The summed E-state index contributed by atoms with van der Waals surface area (Å²) >= 11 is 0. The summed E-state index contributed by atoms with van der Waals surface area (Å²) in [6, 6.07) is 0.104. The average molecular weight is 232 g/mol. The molecule has 0 fully saturated rings. The molecule has 0 aliphatic heterocycles. The van der Waals surface area contributed by atoms with Crippen molar-refractivity contribution >= 4 is 16.9 Å². The number of ketones is 1. The van der Waals surface area contributed by atoms with Crippen LogP contribution < -0.4 is 0 Å². The van der Waals surface area contributed by atoms with Crippen LogP contribution in [0.4, 0.5) is 0 Å². The molecule has 0 N–H and O–H groups in total. The maximum Gasteiger partial charge on any atom is 0.163 e. The van der Waals surface area contributed by atoms with Crippen LogP contribution in [0.2, 0.25) is 0 Å². The van der Waals surface area contributed by atoms with Crippen molar-refractivity contribution < 1.29 is 4.79 Å². The number of carbonyl (C=O) groups is 1. The number of carbonyl (C=O) groups excluding carboxylic acids is 1. The predicted octanol–water partition coefficient (Wildman–Crippen LogP) is 2.00. The number of Topliss-reactive ketones (excluding diaryl/α,β-unsaturated/α-hetero) is 1. The minimum Gasteiger partial charge on any atom is -0.311 e. The Balaban J connectivity index is 2.45. The van der Waals surface area contributed by atoms with Crippen molar-refractivity contribution in [2.75, 3.05) is 0 Å². The first kappa shape index (κ1) is 11.7. The second-order valence-corrected chi connectivity index (χ2v) is 4.60. The smallest absolute Gasteiger partial charge is 0.163 e. The molecule has 2 aromatic rings. The maximum atomic E-state index is 11.3. The van der Waals surface area contributed by atoms with Gasteiger partial charge >= 0.3 is 0 Å². The Hall–Kier alpha value is -1.78. The van der Waals surface area contributed by atoms with Gasteiger partial charge < -0.3 is 4.57 Å².